The van der Waals surface area contributed by atoms with E-state index in [1.54, 1.807) is 26.0 Å². The Balaban J connectivity index is 2.32. The second-order valence-electron chi connectivity index (χ2n) is 4.22. The maximum absolute atomic E-state index is 12.7. The lowest BCUT2D eigenvalue weighted by atomic mass is 10.3. The number of halogens is 1. The summed E-state index contributed by atoms with van der Waals surface area (Å²) in [6.07, 6.45) is 0. The van der Waals surface area contributed by atoms with E-state index in [4.69, 9.17) is 0 Å². The van der Waals surface area contributed by atoms with Crippen molar-refractivity contribution in [1.29, 1.82) is 0 Å². The first-order chi connectivity index (χ1) is 9.43. The van der Waals surface area contributed by atoms with Gasteiger partial charge < -0.3 is 0 Å². The Morgan fingerprint density at radius 2 is 2.00 bits per heavy atom. The highest BCUT2D eigenvalue weighted by Gasteiger charge is 2.26. The van der Waals surface area contributed by atoms with Gasteiger partial charge in [0.2, 0.25) is 0 Å². The fraction of sp³-hybridized carbons (Fsp3) is 0.182. The Bertz CT molecular complexity index is 913. The van der Waals surface area contributed by atoms with Crippen molar-refractivity contribution >= 4 is 37.0 Å². The minimum Gasteiger partial charge on any atom is -0.243 e. The van der Waals surface area contributed by atoms with Crippen LogP contribution in [0.4, 0.5) is 0 Å². The molecule has 0 saturated carbocycles. The van der Waals surface area contributed by atoms with E-state index < -0.39 is 10.0 Å². The number of benzene rings is 1. The van der Waals surface area contributed by atoms with Gasteiger partial charge in [0.05, 0.1) is 15.9 Å². The number of hydrogen-bond acceptors (Lipinski definition) is 6. The molecule has 0 aliphatic carbocycles. The van der Waals surface area contributed by atoms with Gasteiger partial charge in [-0.3, -0.25) is 0 Å². The Kier molecular flexibility index (Phi) is 2.91. The van der Waals surface area contributed by atoms with E-state index in [0.29, 0.717) is 21.4 Å². The quantitative estimate of drug-likeness (QED) is 0.697. The summed E-state index contributed by atoms with van der Waals surface area (Å²) in [6.45, 7) is 3.39. The summed E-state index contributed by atoms with van der Waals surface area (Å²) in [5.74, 6) is 0. The van der Waals surface area contributed by atoms with Gasteiger partial charge in [0.25, 0.3) is 10.0 Å². The Morgan fingerprint density at radius 3 is 2.65 bits per heavy atom. The largest absolute Gasteiger partial charge is 0.285 e. The van der Waals surface area contributed by atoms with Crippen LogP contribution in [0.25, 0.3) is 11.0 Å². The van der Waals surface area contributed by atoms with Crippen LogP contribution < -0.4 is 0 Å². The minimum absolute atomic E-state index is 0.00866. The predicted molar refractivity (Wildman–Crippen MR) is 73.8 cm³/mol. The highest BCUT2D eigenvalue weighted by molar-refractivity contribution is 9.10. The van der Waals surface area contributed by atoms with Crippen molar-refractivity contribution in [3.8, 4) is 0 Å². The van der Waals surface area contributed by atoms with Gasteiger partial charge in [0.15, 0.2) is 5.52 Å². The molecule has 3 aromatic rings. The lowest BCUT2D eigenvalue weighted by Gasteiger charge is -2.06. The van der Waals surface area contributed by atoms with Crippen LogP contribution >= 0.6 is 15.9 Å². The molecule has 2 aromatic heterocycles. The van der Waals surface area contributed by atoms with E-state index in [-0.39, 0.29) is 10.4 Å². The van der Waals surface area contributed by atoms with Crippen molar-refractivity contribution in [3.05, 3.63) is 34.1 Å². The molecule has 1 aromatic carbocycles. The summed E-state index contributed by atoms with van der Waals surface area (Å²) in [5.41, 5.74) is 1.66. The predicted octanol–water partition coefficient (Wildman–Crippen LogP) is 2.04. The average molecular weight is 357 g/mol. The molecule has 9 heteroatoms. The molecule has 0 N–H and O–H groups in total. The molecule has 2 heterocycles. The van der Waals surface area contributed by atoms with Crippen LogP contribution in [0.2, 0.25) is 0 Å². The van der Waals surface area contributed by atoms with Crippen molar-refractivity contribution in [1.82, 2.24) is 19.5 Å². The average Bonchev–Trinajstić information content (AvgIpc) is 2.99. The lowest BCUT2D eigenvalue weighted by molar-refractivity contribution is 0.315. The van der Waals surface area contributed by atoms with Crippen molar-refractivity contribution in [2.45, 2.75) is 18.7 Å². The van der Waals surface area contributed by atoms with Crippen LogP contribution in [-0.4, -0.2) is 27.9 Å². The molecule has 3 rings (SSSR count). The summed E-state index contributed by atoms with van der Waals surface area (Å²) < 4.78 is 31.6. The van der Waals surface area contributed by atoms with Gasteiger partial charge in [-0.2, -0.15) is 17.6 Å². The third kappa shape index (κ3) is 1.77. The molecule has 0 saturated heterocycles. The number of fused-ring (bicyclic) bond motifs is 1. The summed E-state index contributed by atoms with van der Waals surface area (Å²) >= 11 is 3.31. The zero-order valence-electron chi connectivity index (χ0n) is 10.5. The van der Waals surface area contributed by atoms with Crippen molar-refractivity contribution < 1.29 is 13.0 Å². The summed E-state index contributed by atoms with van der Waals surface area (Å²) in [7, 11) is -3.85. The fourth-order valence-corrected chi connectivity index (χ4v) is 3.79. The molecule has 0 amide bonds. The molecule has 0 unspecified atom stereocenters. The molecule has 0 aliphatic rings. The highest BCUT2D eigenvalue weighted by Crippen LogP contribution is 2.26. The standard InChI is InChI=1S/C11H9BrN4O3S/c1-6-10(12)7(2)16(13-6)20(17,18)9-5-3-4-8-11(9)15-19-14-8/h3-5H,1-2H3. The van der Waals surface area contributed by atoms with Gasteiger partial charge in [-0.05, 0) is 52.2 Å². The third-order valence-electron chi connectivity index (χ3n) is 2.92. The summed E-state index contributed by atoms with van der Waals surface area (Å²) in [5, 5.41) is 11.3. The monoisotopic (exact) mass is 356 g/mol. The maximum Gasteiger partial charge on any atom is 0.285 e. The van der Waals surface area contributed by atoms with E-state index >= 15 is 0 Å². The Hall–Kier alpha value is -1.74. The molecule has 0 atom stereocenters. The molecule has 20 heavy (non-hydrogen) atoms. The van der Waals surface area contributed by atoms with E-state index in [2.05, 4.69) is 36.0 Å². The smallest absolute Gasteiger partial charge is 0.243 e. The van der Waals surface area contributed by atoms with Gasteiger partial charge in [0, 0.05) is 0 Å². The SMILES string of the molecule is Cc1nn(S(=O)(=O)c2cccc3nonc23)c(C)c1Br. The van der Waals surface area contributed by atoms with Gasteiger partial charge in [-0.1, -0.05) is 6.07 Å². The molecular weight excluding hydrogens is 348 g/mol. The van der Waals surface area contributed by atoms with Crippen molar-refractivity contribution in [2.75, 3.05) is 0 Å². The molecular formula is C11H9BrN4O3S. The molecule has 0 bridgehead atoms. The lowest BCUT2D eigenvalue weighted by Crippen LogP contribution is -2.16. The molecule has 0 fully saturated rings. The Labute approximate surface area is 122 Å². The van der Waals surface area contributed by atoms with Crippen LogP contribution in [-0.2, 0) is 10.0 Å². The van der Waals surface area contributed by atoms with E-state index in [9.17, 15) is 8.42 Å². The zero-order chi connectivity index (χ0) is 14.5. The second kappa shape index (κ2) is 4.38. The highest BCUT2D eigenvalue weighted by atomic mass is 79.9. The fourth-order valence-electron chi connectivity index (χ4n) is 1.92. The first-order valence-corrected chi connectivity index (χ1v) is 7.85. The van der Waals surface area contributed by atoms with E-state index in [1.807, 2.05) is 0 Å². The number of hydrogen-bond donors (Lipinski definition) is 0. The second-order valence-corrected chi connectivity index (χ2v) is 6.75. The molecule has 0 aliphatic heterocycles. The number of nitrogens with zero attached hydrogens (tertiary/aromatic N) is 4. The topological polar surface area (TPSA) is 90.9 Å². The summed E-state index contributed by atoms with van der Waals surface area (Å²) in [4.78, 5) is 0.00866. The summed E-state index contributed by atoms with van der Waals surface area (Å²) in [6, 6.07) is 4.66. The van der Waals surface area contributed by atoms with Gasteiger partial charge >= 0.3 is 0 Å². The minimum atomic E-state index is -3.85. The molecule has 7 nitrogen and oxygen atoms in total. The zero-order valence-corrected chi connectivity index (χ0v) is 12.9. The Morgan fingerprint density at radius 1 is 1.25 bits per heavy atom. The first-order valence-electron chi connectivity index (χ1n) is 5.61. The maximum atomic E-state index is 12.7. The van der Waals surface area contributed by atoms with Crippen LogP contribution in [0.15, 0.2) is 32.2 Å². The molecule has 104 valence electrons. The molecule has 0 spiro atoms. The van der Waals surface area contributed by atoms with Gasteiger partial charge in [-0.25, -0.2) is 4.63 Å². The van der Waals surface area contributed by atoms with E-state index in [0.717, 1.165) is 4.09 Å². The van der Waals surface area contributed by atoms with Crippen molar-refractivity contribution in [2.24, 2.45) is 0 Å². The van der Waals surface area contributed by atoms with Crippen LogP contribution in [0.5, 0.6) is 0 Å². The number of aryl methyl sites for hydroxylation is 1. The third-order valence-corrected chi connectivity index (χ3v) is 5.76. The van der Waals surface area contributed by atoms with Crippen LogP contribution in [0, 0.1) is 13.8 Å². The van der Waals surface area contributed by atoms with Gasteiger partial charge in [-0.15, -0.1) is 0 Å². The van der Waals surface area contributed by atoms with Crippen LogP contribution in [0.1, 0.15) is 11.4 Å². The van der Waals surface area contributed by atoms with Crippen LogP contribution in [0.3, 0.4) is 0 Å². The molecule has 0 radical (unpaired) electrons. The van der Waals surface area contributed by atoms with Crippen molar-refractivity contribution in [3.63, 3.8) is 0 Å². The van der Waals surface area contributed by atoms with Gasteiger partial charge in [0.1, 0.15) is 10.4 Å². The van der Waals surface area contributed by atoms with E-state index in [1.165, 1.54) is 6.07 Å². The normalized spacial score (nSPS) is 12.2. The number of aromatic nitrogens is 4. The first kappa shape index (κ1) is 13.3. The number of rotatable bonds is 2.